The molecule has 0 saturated heterocycles. The third-order valence-electron chi connectivity index (χ3n) is 3.30. The maximum Gasteiger partial charge on any atom is 0.246 e. The second-order valence-electron chi connectivity index (χ2n) is 5.20. The lowest BCUT2D eigenvalue weighted by atomic mass is 10.1. The summed E-state index contributed by atoms with van der Waals surface area (Å²) in [5.74, 6) is 0.315. The summed E-state index contributed by atoms with van der Waals surface area (Å²) in [5.41, 5.74) is 1.58. The SMILES string of the molecule is Cc1noc(C)c1S(=O)(=O)NC(C)CCc1ccccc1. The molecule has 0 aliphatic rings. The Morgan fingerprint density at radius 3 is 2.48 bits per heavy atom. The third-order valence-corrected chi connectivity index (χ3v) is 5.13. The summed E-state index contributed by atoms with van der Waals surface area (Å²) < 4.78 is 32.3. The van der Waals surface area contributed by atoms with Crippen molar-refractivity contribution in [3.8, 4) is 0 Å². The van der Waals surface area contributed by atoms with E-state index in [1.807, 2.05) is 37.3 Å². The molecule has 0 aliphatic heterocycles. The summed E-state index contributed by atoms with van der Waals surface area (Å²) in [6.45, 7) is 5.08. The number of benzene rings is 1. The van der Waals surface area contributed by atoms with Crippen LogP contribution in [-0.2, 0) is 16.4 Å². The maximum atomic E-state index is 12.3. The van der Waals surface area contributed by atoms with Crippen molar-refractivity contribution in [3.63, 3.8) is 0 Å². The quantitative estimate of drug-likeness (QED) is 0.890. The third kappa shape index (κ3) is 3.92. The molecule has 0 radical (unpaired) electrons. The average molecular weight is 308 g/mol. The van der Waals surface area contributed by atoms with Crippen molar-refractivity contribution < 1.29 is 12.9 Å². The number of aromatic nitrogens is 1. The Labute approximate surface area is 125 Å². The number of nitrogens with one attached hydrogen (secondary N) is 1. The Balaban J connectivity index is 2.00. The summed E-state index contributed by atoms with van der Waals surface area (Å²) in [6.07, 6.45) is 1.55. The number of rotatable bonds is 6. The molecule has 1 aromatic heterocycles. The summed E-state index contributed by atoms with van der Waals surface area (Å²) >= 11 is 0. The normalized spacial score (nSPS) is 13.3. The minimum Gasteiger partial charge on any atom is -0.360 e. The van der Waals surface area contributed by atoms with Gasteiger partial charge in [-0.3, -0.25) is 0 Å². The predicted octanol–water partition coefficient (Wildman–Crippen LogP) is 2.59. The monoisotopic (exact) mass is 308 g/mol. The van der Waals surface area contributed by atoms with Crippen LogP contribution in [0.2, 0.25) is 0 Å². The van der Waals surface area contributed by atoms with E-state index in [4.69, 9.17) is 4.52 Å². The predicted molar refractivity (Wildman–Crippen MR) is 80.5 cm³/mol. The fourth-order valence-corrected chi connectivity index (χ4v) is 3.88. The zero-order valence-electron chi connectivity index (χ0n) is 12.5. The molecule has 5 nitrogen and oxygen atoms in total. The van der Waals surface area contributed by atoms with Gasteiger partial charge in [-0.15, -0.1) is 0 Å². The molecule has 1 N–H and O–H groups in total. The molecule has 0 amide bonds. The topological polar surface area (TPSA) is 72.2 Å². The van der Waals surface area contributed by atoms with E-state index < -0.39 is 10.0 Å². The zero-order chi connectivity index (χ0) is 15.5. The van der Waals surface area contributed by atoms with Crippen LogP contribution >= 0.6 is 0 Å². The molecule has 0 spiro atoms. The van der Waals surface area contributed by atoms with Crippen molar-refractivity contribution in [1.29, 1.82) is 0 Å². The minimum absolute atomic E-state index is 0.147. The van der Waals surface area contributed by atoms with Crippen molar-refractivity contribution in [2.45, 2.75) is 44.6 Å². The molecule has 21 heavy (non-hydrogen) atoms. The first-order chi connectivity index (χ1) is 9.90. The molecule has 1 atom stereocenters. The average Bonchev–Trinajstić information content (AvgIpc) is 2.77. The van der Waals surface area contributed by atoms with Gasteiger partial charge in [-0.2, -0.15) is 0 Å². The summed E-state index contributed by atoms with van der Waals surface area (Å²) in [6, 6.07) is 9.84. The molecule has 2 rings (SSSR count). The van der Waals surface area contributed by atoms with Gasteiger partial charge in [0, 0.05) is 6.04 Å². The van der Waals surface area contributed by atoms with Crippen molar-refractivity contribution in [3.05, 3.63) is 47.3 Å². The molecule has 2 aromatic rings. The van der Waals surface area contributed by atoms with E-state index in [0.29, 0.717) is 11.5 Å². The number of hydrogen-bond donors (Lipinski definition) is 1. The Morgan fingerprint density at radius 1 is 1.24 bits per heavy atom. The van der Waals surface area contributed by atoms with Gasteiger partial charge in [0.15, 0.2) is 5.76 Å². The smallest absolute Gasteiger partial charge is 0.246 e. The molecule has 0 fully saturated rings. The Morgan fingerprint density at radius 2 is 1.90 bits per heavy atom. The van der Waals surface area contributed by atoms with E-state index in [-0.39, 0.29) is 10.9 Å². The lowest BCUT2D eigenvalue weighted by molar-refractivity contribution is 0.390. The molecule has 0 aliphatic carbocycles. The van der Waals surface area contributed by atoms with Crippen LogP contribution in [0.3, 0.4) is 0 Å². The second kappa shape index (κ2) is 6.41. The van der Waals surface area contributed by atoms with Crippen molar-refractivity contribution in [2.24, 2.45) is 0 Å². The molecule has 0 bridgehead atoms. The Kier molecular flexibility index (Phi) is 4.80. The first kappa shape index (κ1) is 15.7. The number of aryl methyl sites for hydroxylation is 3. The number of sulfonamides is 1. The van der Waals surface area contributed by atoms with E-state index in [9.17, 15) is 8.42 Å². The molecule has 1 heterocycles. The molecule has 1 unspecified atom stereocenters. The van der Waals surface area contributed by atoms with Crippen molar-refractivity contribution in [2.75, 3.05) is 0 Å². The summed E-state index contributed by atoms with van der Waals surface area (Å²) in [7, 11) is -3.59. The van der Waals surface area contributed by atoms with Gasteiger partial charge in [0.25, 0.3) is 0 Å². The number of hydrogen-bond acceptors (Lipinski definition) is 4. The van der Waals surface area contributed by atoms with Crippen LogP contribution in [0.4, 0.5) is 0 Å². The van der Waals surface area contributed by atoms with Gasteiger partial charge in [-0.25, -0.2) is 13.1 Å². The fraction of sp³-hybridized carbons (Fsp3) is 0.400. The van der Waals surface area contributed by atoms with Gasteiger partial charge in [-0.1, -0.05) is 35.5 Å². The van der Waals surface area contributed by atoms with Crippen LogP contribution in [0.15, 0.2) is 39.8 Å². The van der Waals surface area contributed by atoms with Crippen molar-refractivity contribution >= 4 is 10.0 Å². The second-order valence-corrected chi connectivity index (χ2v) is 6.85. The Hall–Kier alpha value is -1.66. The summed E-state index contributed by atoms with van der Waals surface area (Å²) in [5, 5.41) is 3.69. The lowest BCUT2D eigenvalue weighted by Crippen LogP contribution is -2.33. The van der Waals surface area contributed by atoms with Gasteiger partial charge < -0.3 is 4.52 Å². The highest BCUT2D eigenvalue weighted by Gasteiger charge is 2.25. The van der Waals surface area contributed by atoms with Gasteiger partial charge >= 0.3 is 0 Å². The molecular formula is C15H20N2O3S. The molecule has 0 saturated carbocycles. The molecule has 6 heteroatoms. The van der Waals surface area contributed by atoms with Crippen LogP contribution in [0, 0.1) is 13.8 Å². The zero-order valence-corrected chi connectivity index (χ0v) is 13.3. The molecule has 114 valence electrons. The highest BCUT2D eigenvalue weighted by atomic mass is 32.2. The molecular weight excluding hydrogens is 288 g/mol. The van der Waals surface area contributed by atoms with Crippen LogP contribution in [0.25, 0.3) is 0 Å². The van der Waals surface area contributed by atoms with Crippen LogP contribution < -0.4 is 4.72 Å². The van der Waals surface area contributed by atoms with Crippen LogP contribution in [0.5, 0.6) is 0 Å². The number of nitrogens with zero attached hydrogens (tertiary/aromatic N) is 1. The van der Waals surface area contributed by atoms with E-state index in [1.165, 1.54) is 5.56 Å². The van der Waals surface area contributed by atoms with Crippen LogP contribution in [-0.4, -0.2) is 19.6 Å². The standard InChI is InChI=1S/C15H20N2O3S/c1-11(9-10-14-7-5-4-6-8-14)17-21(18,19)15-12(2)16-20-13(15)3/h4-8,11,17H,9-10H2,1-3H3. The first-order valence-electron chi connectivity index (χ1n) is 6.89. The van der Waals surface area contributed by atoms with Crippen molar-refractivity contribution in [1.82, 2.24) is 9.88 Å². The van der Waals surface area contributed by atoms with E-state index in [2.05, 4.69) is 9.88 Å². The van der Waals surface area contributed by atoms with E-state index in [1.54, 1.807) is 13.8 Å². The summed E-state index contributed by atoms with van der Waals surface area (Å²) in [4.78, 5) is 0.147. The Bertz CT molecular complexity index is 673. The van der Waals surface area contributed by atoms with Gasteiger partial charge in [0.1, 0.15) is 10.6 Å². The van der Waals surface area contributed by atoms with E-state index >= 15 is 0 Å². The first-order valence-corrected chi connectivity index (χ1v) is 8.37. The minimum atomic E-state index is -3.59. The van der Waals surface area contributed by atoms with E-state index in [0.717, 1.165) is 12.8 Å². The lowest BCUT2D eigenvalue weighted by Gasteiger charge is -2.14. The van der Waals surface area contributed by atoms with Gasteiger partial charge in [0.2, 0.25) is 10.0 Å². The van der Waals surface area contributed by atoms with Gasteiger partial charge in [-0.05, 0) is 39.2 Å². The van der Waals surface area contributed by atoms with Crippen LogP contribution in [0.1, 0.15) is 30.4 Å². The fourth-order valence-electron chi connectivity index (χ4n) is 2.27. The maximum absolute atomic E-state index is 12.3. The largest absolute Gasteiger partial charge is 0.360 e. The van der Waals surface area contributed by atoms with Gasteiger partial charge in [0.05, 0.1) is 0 Å². The highest BCUT2D eigenvalue weighted by molar-refractivity contribution is 7.89. The molecule has 1 aromatic carbocycles. The highest BCUT2D eigenvalue weighted by Crippen LogP contribution is 2.19.